The molecule has 0 heterocycles. The van der Waals surface area contributed by atoms with Gasteiger partial charge in [-0.05, 0) is 18.9 Å². The highest BCUT2D eigenvalue weighted by atomic mass is 35.8. The van der Waals surface area contributed by atoms with E-state index in [4.69, 9.17) is 33.2 Å². The Bertz CT molecular complexity index is 190. The minimum Gasteiger partial charge on any atom is -0.126 e. The van der Waals surface area contributed by atoms with Gasteiger partial charge >= 0.3 is 6.00 Å². The second-order valence-corrected chi connectivity index (χ2v) is 14.3. The Hall–Kier alpha value is 0.827. The molecule has 0 amide bonds. The lowest BCUT2D eigenvalue weighted by molar-refractivity contribution is 0.557. The van der Waals surface area contributed by atoms with E-state index in [0.29, 0.717) is 0 Å². The Morgan fingerprint density at radius 2 is 1.06 bits per heavy atom. The second kappa shape index (κ2) is 12.8. The van der Waals surface area contributed by atoms with Gasteiger partial charge in [0.2, 0.25) is 0 Å². The summed E-state index contributed by atoms with van der Waals surface area (Å²) in [7, 11) is 0. The van der Waals surface area contributed by atoms with Gasteiger partial charge < -0.3 is 0 Å². The molecule has 0 aliphatic rings. The minimum absolute atomic E-state index is 0.820. The Balaban J connectivity index is 3.01. The van der Waals surface area contributed by atoms with E-state index in [9.17, 15) is 0 Å². The van der Waals surface area contributed by atoms with Crippen LogP contribution in [-0.4, -0.2) is 6.00 Å². The maximum atomic E-state index is 5.83. The predicted molar refractivity (Wildman–Crippen MR) is 89.1 cm³/mol. The normalized spacial score (nSPS) is 11.7. The van der Waals surface area contributed by atoms with Crippen LogP contribution in [0.3, 0.4) is 0 Å². The Kier molecular flexibility index (Phi) is 13.4. The molecule has 0 aromatic heterocycles. The van der Waals surface area contributed by atoms with Crippen molar-refractivity contribution in [2.24, 2.45) is 0 Å². The summed E-state index contributed by atoms with van der Waals surface area (Å²) in [5.74, 6) is 0. The highest BCUT2D eigenvalue weighted by molar-refractivity contribution is 7.64. The van der Waals surface area contributed by atoms with E-state index in [1.807, 2.05) is 6.08 Å². The fourth-order valence-corrected chi connectivity index (χ4v) is 3.88. The van der Waals surface area contributed by atoms with Gasteiger partial charge in [-0.25, -0.2) is 0 Å². The van der Waals surface area contributed by atoms with Crippen LogP contribution in [0.15, 0.2) is 12.7 Å². The quantitative estimate of drug-likeness (QED) is 0.146. The number of allylic oxidation sites excluding steroid dienone is 1. The van der Waals surface area contributed by atoms with Crippen molar-refractivity contribution in [1.29, 1.82) is 0 Å². The van der Waals surface area contributed by atoms with Crippen LogP contribution in [0.1, 0.15) is 70.6 Å². The van der Waals surface area contributed by atoms with Gasteiger partial charge in [0, 0.05) is 0 Å². The van der Waals surface area contributed by atoms with E-state index >= 15 is 0 Å². The van der Waals surface area contributed by atoms with Gasteiger partial charge in [0.25, 0.3) is 0 Å². The van der Waals surface area contributed by atoms with E-state index in [0.717, 1.165) is 12.5 Å². The first kappa shape index (κ1) is 18.8. The third-order valence-electron chi connectivity index (χ3n) is 3.12. The van der Waals surface area contributed by atoms with Crippen molar-refractivity contribution in [2.75, 3.05) is 0 Å². The monoisotopic (exact) mass is 328 g/mol. The summed E-state index contributed by atoms with van der Waals surface area (Å²) in [6.45, 7) is 3.74. The average molecular weight is 330 g/mol. The minimum atomic E-state index is -2.34. The molecule has 18 heavy (non-hydrogen) atoms. The average Bonchev–Trinajstić information content (AvgIpc) is 2.29. The van der Waals surface area contributed by atoms with E-state index in [2.05, 4.69) is 6.58 Å². The van der Waals surface area contributed by atoms with Gasteiger partial charge in [0.15, 0.2) is 0 Å². The molecule has 0 bridgehead atoms. The number of hydrogen-bond donors (Lipinski definition) is 0. The number of unbranched alkanes of at least 4 members (excludes halogenated alkanes) is 10. The molecule has 0 spiro atoms. The predicted octanol–water partition coefficient (Wildman–Crippen LogP) is 7.12. The third-order valence-corrected chi connectivity index (χ3v) is 5.74. The molecule has 0 aromatic carbocycles. The standard InChI is InChI=1S/C14H27Cl3Si/c1-2-3-4-5-6-7-8-9-10-11-12-13-14-18(15,16)17/h2H,1,3-14H2. The number of rotatable bonds is 13. The molecular weight excluding hydrogens is 303 g/mol. The van der Waals surface area contributed by atoms with Crippen molar-refractivity contribution < 1.29 is 0 Å². The molecule has 0 N–H and O–H groups in total. The van der Waals surface area contributed by atoms with E-state index in [-0.39, 0.29) is 0 Å². The van der Waals surface area contributed by atoms with Crippen LogP contribution < -0.4 is 0 Å². The highest BCUT2D eigenvalue weighted by Crippen LogP contribution is 2.27. The molecule has 0 rings (SSSR count). The molecule has 0 atom stereocenters. The smallest absolute Gasteiger partial charge is 0.126 e. The molecule has 0 unspecified atom stereocenters. The summed E-state index contributed by atoms with van der Waals surface area (Å²) in [6.07, 6.45) is 16.3. The fraction of sp³-hybridized carbons (Fsp3) is 0.857. The van der Waals surface area contributed by atoms with Gasteiger partial charge in [0.1, 0.15) is 0 Å². The molecule has 0 radical (unpaired) electrons. The Morgan fingerprint density at radius 3 is 1.44 bits per heavy atom. The van der Waals surface area contributed by atoms with Crippen molar-refractivity contribution in [3.8, 4) is 0 Å². The number of hydrogen-bond acceptors (Lipinski definition) is 0. The first-order chi connectivity index (χ1) is 8.56. The summed E-state index contributed by atoms with van der Waals surface area (Å²) < 4.78 is 0. The molecule has 0 aliphatic carbocycles. The lowest BCUT2D eigenvalue weighted by Crippen LogP contribution is -2.07. The van der Waals surface area contributed by atoms with E-state index in [1.165, 1.54) is 64.2 Å². The molecular formula is C14H27Cl3Si. The zero-order valence-corrected chi connectivity index (χ0v) is 14.7. The van der Waals surface area contributed by atoms with Crippen LogP contribution in [0.2, 0.25) is 6.04 Å². The Morgan fingerprint density at radius 1 is 0.667 bits per heavy atom. The molecule has 0 saturated heterocycles. The maximum Gasteiger partial charge on any atom is 0.341 e. The largest absolute Gasteiger partial charge is 0.341 e. The van der Waals surface area contributed by atoms with Gasteiger partial charge in [-0.15, -0.1) is 39.8 Å². The van der Waals surface area contributed by atoms with Crippen LogP contribution in [0.25, 0.3) is 0 Å². The summed E-state index contributed by atoms with van der Waals surface area (Å²) in [5, 5.41) is 0. The topological polar surface area (TPSA) is 0 Å². The van der Waals surface area contributed by atoms with Gasteiger partial charge in [-0.3, -0.25) is 0 Å². The van der Waals surface area contributed by atoms with Gasteiger partial charge in [-0.1, -0.05) is 63.9 Å². The maximum absolute atomic E-state index is 5.83. The summed E-state index contributed by atoms with van der Waals surface area (Å²) in [4.78, 5) is 0. The van der Waals surface area contributed by atoms with Crippen molar-refractivity contribution in [2.45, 2.75) is 76.7 Å². The summed E-state index contributed by atoms with van der Waals surface area (Å²) in [5.41, 5.74) is 0. The lowest BCUT2D eigenvalue weighted by Gasteiger charge is -2.06. The van der Waals surface area contributed by atoms with Crippen molar-refractivity contribution >= 4 is 39.2 Å². The SMILES string of the molecule is C=CCCCCCCCCCCCC[Si](Cl)(Cl)Cl. The van der Waals surface area contributed by atoms with Crippen LogP contribution in [-0.2, 0) is 0 Å². The van der Waals surface area contributed by atoms with Crippen molar-refractivity contribution in [1.82, 2.24) is 0 Å². The summed E-state index contributed by atoms with van der Waals surface area (Å²) in [6, 6.07) is -1.52. The molecule has 0 nitrogen and oxygen atoms in total. The zero-order chi connectivity index (χ0) is 13.7. The molecule has 0 fully saturated rings. The van der Waals surface area contributed by atoms with Gasteiger partial charge in [0.05, 0.1) is 0 Å². The van der Waals surface area contributed by atoms with E-state index in [1.54, 1.807) is 0 Å². The fourth-order valence-electron chi connectivity index (χ4n) is 2.03. The first-order valence-corrected chi connectivity index (χ1v) is 12.5. The second-order valence-electron chi connectivity index (χ2n) is 4.98. The molecule has 4 heteroatoms. The van der Waals surface area contributed by atoms with E-state index < -0.39 is 6.00 Å². The van der Waals surface area contributed by atoms with Crippen LogP contribution in [0.5, 0.6) is 0 Å². The van der Waals surface area contributed by atoms with Gasteiger partial charge in [-0.2, -0.15) is 0 Å². The first-order valence-electron chi connectivity index (χ1n) is 7.24. The third kappa shape index (κ3) is 16.8. The van der Waals surface area contributed by atoms with Crippen molar-refractivity contribution in [3.63, 3.8) is 0 Å². The highest BCUT2D eigenvalue weighted by Gasteiger charge is 2.23. The lowest BCUT2D eigenvalue weighted by atomic mass is 10.1. The zero-order valence-electron chi connectivity index (χ0n) is 11.4. The van der Waals surface area contributed by atoms with Crippen LogP contribution in [0.4, 0.5) is 0 Å². The molecule has 108 valence electrons. The molecule has 0 saturated carbocycles. The Labute approximate surface area is 128 Å². The molecule has 0 aliphatic heterocycles. The van der Waals surface area contributed by atoms with Crippen LogP contribution in [0, 0.1) is 0 Å². The summed E-state index contributed by atoms with van der Waals surface area (Å²) >= 11 is 17.5. The molecule has 0 aromatic rings. The van der Waals surface area contributed by atoms with Crippen LogP contribution >= 0.6 is 33.2 Å². The number of halogens is 3. The van der Waals surface area contributed by atoms with Crippen molar-refractivity contribution in [3.05, 3.63) is 12.7 Å².